The molecule has 16 atom stereocenters. The van der Waals surface area contributed by atoms with E-state index in [1.807, 2.05) is 96.1 Å². The van der Waals surface area contributed by atoms with Crippen molar-refractivity contribution in [2.75, 3.05) is 28.3 Å². The van der Waals surface area contributed by atoms with Crippen LogP contribution in [0.2, 0.25) is 0 Å². The Labute approximate surface area is 402 Å². The van der Waals surface area contributed by atoms with Crippen molar-refractivity contribution < 1.29 is 67.2 Å². The molecule has 0 amide bonds. The van der Waals surface area contributed by atoms with Crippen LogP contribution in [0.5, 0.6) is 0 Å². The van der Waals surface area contributed by atoms with Crippen molar-refractivity contribution in [1.82, 2.24) is 4.90 Å². The van der Waals surface area contributed by atoms with E-state index in [0.717, 1.165) is 5.56 Å². The monoisotopic (exact) mass is 950 g/mol. The fourth-order valence-electron chi connectivity index (χ4n) is 9.65. The van der Waals surface area contributed by atoms with Crippen molar-refractivity contribution in [1.29, 1.82) is 0 Å². The van der Waals surface area contributed by atoms with Gasteiger partial charge in [0.1, 0.15) is 12.2 Å². The van der Waals surface area contributed by atoms with Crippen LogP contribution in [0.25, 0.3) is 0 Å². The number of hydrogen-bond donors (Lipinski definition) is 2. The van der Waals surface area contributed by atoms with E-state index >= 15 is 0 Å². The molecular weight excluding hydrogens is 875 g/mol. The second kappa shape index (κ2) is 24.5. The van der Waals surface area contributed by atoms with Gasteiger partial charge in [-0.05, 0) is 104 Å². The van der Waals surface area contributed by atoms with Gasteiger partial charge in [-0.2, -0.15) is 0 Å². The molecule has 5 rings (SSSR count). The summed E-state index contributed by atoms with van der Waals surface area (Å²) < 4.78 is 58.3. The lowest BCUT2D eigenvalue weighted by Gasteiger charge is -2.50. The maximum atomic E-state index is 14.4. The van der Waals surface area contributed by atoms with Crippen LogP contribution in [-0.4, -0.2) is 140 Å². The maximum Gasteiger partial charge on any atom is 0.338 e. The van der Waals surface area contributed by atoms with Gasteiger partial charge in [0.05, 0.1) is 65.3 Å². The van der Waals surface area contributed by atoms with Crippen molar-refractivity contribution in [2.45, 2.75) is 160 Å². The van der Waals surface area contributed by atoms with Crippen LogP contribution < -0.4 is 0 Å². The first-order valence-electron chi connectivity index (χ1n) is 23.7. The van der Waals surface area contributed by atoms with Gasteiger partial charge in [0.15, 0.2) is 24.8 Å². The minimum atomic E-state index is -1.28. The van der Waals surface area contributed by atoms with Crippen molar-refractivity contribution in [3.8, 4) is 0 Å². The van der Waals surface area contributed by atoms with Gasteiger partial charge in [-0.3, -0.25) is 4.79 Å². The molecule has 15 heteroatoms. The quantitative estimate of drug-likeness (QED) is 0.0777. The van der Waals surface area contributed by atoms with Gasteiger partial charge >= 0.3 is 17.9 Å². The van der Waals surface area contributed by atoms with Gasteiger partial charge < -0.3 is 57.7 Å². The zero-order valence-corrected chi connectivity index (χ0v) is 41.8. The van der Waals surface area contributed by atoms with Gasteiger partial charge in [-0.1, -0.05) is 80.6 Å². The first kappa shape index (κ1) is 54.6. The van der Waals surface area contributed by atoms with Crippen LogP contribution in [0.15, 0.2) is 91.0 Å². The van der Waals surface area contributed by atoms with Gasteiger partial charge in [0.25, 0.3) is 0 Å². The molecule has 68 heavy (non-hydrogen) atoms. The summed E-state index contributed by atoms with van der Waals surface area (Å²) in [7, 11) is 6.87. The van der Waals surface area contributed by atoms with Crippen molar-refractivity contribution in [2.24, 2.45) is 17.8 Å². The molecule has 0 aliphatic carbocycles. The number of carbonyl (C=O) groups is 3. The predicted molar refractivity (Wildman–Crippen MR) is 253 cm³/mol. The molecule has 2 aliphatic heterocycles. The Hall–Kier alpha value is -4.29. The number of nitrogens with zero attached hydrogens (tertiary/aromatic N) is 1. The van der Waals surface area contributed by atoms with Crippen molar-refractivity contribution in [3.63, 3.8) is 0 Å². The standard InChI is InChI=1S/C53H75NO14/c1-32(43(56)36(5)55)29-52(7,60-11)46(68-51-45(41(54(9)10)28-33(2)63-51)66-49(58)39-24-18-14-19-25-39)34(3)44(35(4)48(57)62-31-38-22-16-13-17-23-38)65-42-30-53(8,61-12)47(37(6)64-42)67-50(59)40-26-20-15-21-27-40/h13-27,32-37,41-47,51,55-56H,28-31H2,1-12H3/t32-,33-,34+,35-,36?,37+,41+,42+,43?,44+,45-,46-,47+,51+,52-,53-/m1/s1. The third kappa shape index (κ3) is 13.7. The number of ether oxygens (including phenoxy) is 9. The van der Waals surface area contributed by atoms with Crippen LogP contribution in [0.4, 0.5) is 0 Å². The number of likely N-dealkylation sites (N-methyl/N-ethyl adjacent to an activating group) is 1. The molecule has 2 fully saturated rings. The van der Waals surface area contributed by atoms with Crippen LogP contribution >= 0.6 is 0 Å². The van der Waals surface area contributed by atoms with E-state index in [1.165, 1.54) is 21.1 Å². The normalized spacial score (nSPS) is 28.2. The summed E-state index contributed by atoms with van der Waals surface area (Å²) in [6, 6.07) is 26.3. The summed E-state index contributed by atoms with van der Waals surface area (Å²) >= 11 is 0. The number of carbonyl (C=O) groups excluding carboxylic acids is 3. The van der Waals surface area contributed by atoms with E-state index in [0.29, 0.717) is 17.5 Å². The summed E-state index contributed by atoms with van der Waals surface area (Å²) in [4.78, 5) is 43.5. The Morgan fingerprint density at radius 2 is 1.38 bits per heavy atom. The number of aliphatic hydroxyl groups excluding tert-OH is 2. The number of hydrogen-bond acceptors (Lipinski definition) is 15. The average Bonchev–Trinajstić information content (AvgIpc) is 3.33. The summed E-state index contributed by atoms with van der Waals surface area (Å²) in [5, 5.41) is 21.7. The fourth-order valence-corrected chi connectivity index (χ4v) is 9.65. The van der Waals surface area contributed by atoms with Crippen molar-refractivity contribution in [3.05, 3.63) is 108 Å². The molecule has 0 bridgehead atoms. The maximum absolute atomic E-state index is 14.4. The molecule has 2 aliphatic rings. The van der Waals surface area contributed by atoms with E-state index in [4.69, 9.17) is 42.6 Å². The van der Waals surface area contributed by atoms with Crippen LogP contribution in [0.3, 0.4) is 0 Å². The Balaban J connectivity index is 1.57. The highest BCUT2D eigenvalue weighted by atomic mass is 16.7. The number of esters is 3. The summed E-state index contributed by atoms with van der Waals surface area (Å²) in [5.41, 5.74) is -0.865. The third-order valence-corrected chi connectivity index (χ3v) is 13.7. The van der Waals surface area contributed by atoms with Crippen LogP contribution in [0, 0.1) is 17.8 Å². The Bertz CT molecular complexity index is 2020. The lowest BCUT2D eigenvalue weighted by atomic mass is 9.76. The molecule has 3 aromatic carbocycles. The number of rotatable bonds is 22. The molecule has 0 radical (unpaired) electrons. The zero-order valence-electron chi connectivity index (χ0n) is 41.8. The lowest BCUT2D eigenvalue weighted by Crippen LogP contribution is -2.61. The van der Waals surface area contributed by atoms with Gasteiger partial charge in [0.2, 0.25) is 0 Å². The minimum Gasteiger partial charge on any atom is -0.461 e. The topological polar surface area (TPSA) is 178 Å². The summed E-state index contributed by atoms with van der Waals surface area (Å²) in [5.74, 6) is -3.92. The van der Waals surface area contributed by atoms with E-state index in [1.54, 1.807) is 62.4 Å². The lowest BCUT2D eigenvalue weighted by molar-refractivity contribution is -0.318. The smallest absolute Gasteiger partial charge is 0.338 e. The molecule has 0 spiro atoms. The molecule has 15 nitrogen and oxygen atoms in total. The largest absolute Gasteiger partial charge is 0.461 e. The van der Waals surface area contributed by atoms with E-state index < -0.39 is 102 Å². The second-order valence-corrected chi connectivity index (χ2v) is 19.3. The first-order chi connectivity index (χ1) is 32.2. The Morgan fingerprint density at radius 3 is 1.91 bits per heavy atom. The molecule has 2 heterocycles. The van der Waals surface area contributed by atoms with E-state index in [2.05, 4.69) is 0 Å². The highest BCUT2D eigenvalue weighted by Gasteiger charge is 2.54. The zero-order chi connectivity index (χ0) is 49.9. The molecule has 2 N–H and O–H groups in total. The molecule has 2 unspecified atom stereocenters. The number of methoxy groups -OCH3 is 2. The predicted octanol–water partition coefficient (Wildman–Crippen LogP) is 7.00. The Morgan fingerprint density at radius 1 is 0.824 bits per heavy atom. The highest BCUT2D eigenvalue weighted by Crippen LogP contribution is 2.42. The molecule has 2 saturated heterocycles. The molecule has 0 saturated carbocycles. The van der Waals surface area contributed by atoms with E-state index in [9.17, 15) is 24.6 Å². The molecular formula is C53H75NO14. The highest BCUT2D eigenvalue weighted by molar-refractivity contribution is 5.90. The van der Waals surface area contributed by atoms with Gasteiger partial charge in [-0.25, -0.2) is 9.59 Å². The van der Waals surface area contributed by atoms with Crippen LogP contribution in [-0.2, 0) is 54.0 Å². The van der Waals surface area contributed by atoms with Crippen molar-refractivity contribution >= 4 is 17.9 Å². The summed E-state index contributed by atoms with van der Waals surface area (Å²) in [6.07, 6.45) is -8.52. The fraction of sp³-hybridized carbons (Fsp3) is 0.604. The minimum absolute atomic E-state index is 0.0108. The second-order valence-electron chi connectivity index (χ2n) is 19.3. The van der Waals surface area contributed by atoms with E-state index in [-0.39, 0.29) is 31.6 Å². The third-order valence-electron chi connectivity index (χ3n) is 13.7. The Kier molecular flexibility index (Phi) is 19.7. The summed E-state index contributed by atoms with van der Waals surface area (Å²) in [6.45, 7) is 14.3. The molecule has 3 aromatic rings. The number of aliphatic hydroxyl groups is 2. The SMILES string of the molecule is CO[C@](C)(C[C@@H](C)C(O)C(C)O)[C@H](O[C@@H]1O[C@H](C)C[C@H](N(C)C)[C@H]1OC(=O)c1ccccc1)[C@@H](C)[C@H](O[C@H]1C[C@@](C)(OC)[C@@H](OC(=O)c2ccccc2)[C@H](C)O1)[C@@H](C)C(=O)OCc1ccccc1. The average molecular weight is 950 g/mol. The van der Waals surface area contributed by atoms with Gasteiger partial charge in [-0.15, -0.1) is 0 Å². The van der Waals surface area contributed by atoms with Crippen LogP contribution in [0.1, 0.15) is 101 Å². The first-order valence-corrected chi connectivity index (χ1v) is 23.7. The number of benzene rings is 3. The molecule has 0 aromatic heterocycles. The van der Waals surface area contributed by atoms with Gasteiger partial charge in [0, 0.05) is 26.6 Å². The molecule has 376 valence electrons.